The number of hydrogen-bond donors (Lipinski definition) is 1. The minimum atomic E-state index is 0.377. The Morgan fingerprint density at radius 3 is 2.26 bits per heavy atom. The molecule has 3 nitrogen and oxygen atoms in total. The van der Waals surface area contributed by atoms with E-state index >= 15 is 0 Å². The fourth-order valence-electron chi connectivity index (χ4n) is 3.79. The second-order valence-electron chi connectivity index (χ2n) is 6.54. The van der Waals surface area contributed by atoms with Crippen molar-refractivity contribution < 1.29 is 4.79 Å². The maximum atomic E-state index is 12.1. The maximum absolute atomic E-state index is 12.1. The quantitative estimate of drug-likeness (QED) is 0.777. The van der Waals surface area contributed by atoms with Crippen LogP contribution in [0.5, 0.6) is 0 Å². The first-order valence-electron chi connectivity index (χ1n) is 8.24. The molecule has 1 aliphatic heterocycles. The predicted molar refractivity (Wildman–Crippen MR) is 78.9 cm³/mol. The maximum Gasteiger partial charge on any atom is 0.222 e. The molecule has 1 heterocycles. The third kappa shape index (κ3) is 4.20. The fourth-order valence-corrected chi connectivity index (χ4v) is 3.79. The van der Waals surface area contributed by atoms with Crippen LogP contribution in [0.2, 0.25) is 0 Å². The Morgan fingerprint density at radius 1 is 0.947 bits per heavy atom. The summed E-state index contributed by atoms with van der Waals surface area (Å²) in [4.78, 5) is 14.2. The second-order valence-corrected chi connectivity index (χ2v) is 6.54. The highest BCUT2D eigenvalue weighted by Gasteiger charge is 2.36. The number of carbonyl (C=O) groups is 1. The summed E-state index contributed by atoms with van der Waals surface area (Å²) >= 11 is 0. The number of unbranched alkanes of at least 4 members (excludes halogenated alkanes) is 2. The van der Waals surface area contributed by atoms with Crippen LogP contribution in [0.25, 0.3) is 0 Å². The van der Waals surface area contributed by atoms with Crippen molar-refractivity contribution in [3.8, 4) is 0 Å². The van der Waals surface area contributed by atoms with Crippen LogP contribution in [0.4, 0.5) is 0 Å². The largest absolute Gasteiger partial charge is 0.343 e. The second kappa shape index (κ2) is 7.28. The lowest BCUT2D eigenvalue weighted by atomic mass is 9.68. The van der Waals surface area contributed by atoms with Gasteiger partial charge in [0.1, 0.15) is 0 Å². The lowest BCUT2D eigenvalue weighted by Crippen LogP contribution is -2.43. The standard InChI is InChI=1S/C16H30N2O/c17-12-6-1-3-7-15(19)18-13-10-16(11-14-18)8-4-2-5-9-16/h1-14,17H2. The Bertz CT molecular complexity index is 274. The van der Waals surface area contributed by atoms with Crippen LogP contribution < -0.4 is 5.73 Å². The van der Waals surface area contributed by atoms with E-state index in [1.54, 1.807) is 0 Å². The predicted octanol–water partition coefficient (Wildman–Crippen LogP) is 3.08. The monoisotopic (exact) mass is 266 g/mol. The van der Waals surface area contributed by atoms with E-state index in [4.69, 9.17) is 5.73 Å². The summed E-state index contributed by atoms with van der Waals surface area (Å²) in [7, 11) is 0. The molecule has 0 aromatic carbocycles. The Morgan fingerprint density at radius 2 is 1.63 bits per heavy atom. The van der Waals surface area contributed by atoms with E-state index in [0.717, 1.165) is 45.3 Å². The van der Waals surface area contributed by atoms with Crippen molar-refractivity contribution in [2.45, 2.75) is 70.6 Å². The molecule has 1 spiro atoms. The van der Waals surface area contributed by atoms with Gasteiger partial charge in [0, 0.05) is 19.5 Å². The molecule has 1 aliphatic carbocycles. The topological polar surface area (TPSA) is 46.3 Å². The van der Waals surface area contributed by atoms with E-state index in [1.807, 2.05) is 0 Å². The van der Waals surface area contributed by atoms with E-state index in [0.29, 0.717) is 11.3 Å². The molecule has 2 rings (SSSR count). The average molecular weight is 266 g/mol. The summed E-state index contributed by atoms with van der Waals surface area (Å²) in [5.74, 6) is 0.377. The van der Waals surface area contributed by atoms with Crippen LogP contribution in [0, 0.1) is 5.41 Å². The molecule has 1 amide bonds. The average Bonchev–Trinajstić information content (AvgIpc) is 2.45. The summed E-state index contributed by atoms with van der Waals surface area (Å²) in [5, 5.41) is 0. The minimum absolute atomic E-state index is 0.377. The van der Waals surface area contributed by atoms with Crippen LogP contribution in [0.1, 0.15) is 70.6 Å². The first-order chi connectivity index (χ1) is 9.26. The molecule has 0 unspecified atom stereocenters. The number of piperidine rings is 1. The van der Waals surface area contributed by atoms with Crippen LogP contribution in [0.15, 0.2) is 0 Å². The third-order valence-corrected chi connectivity index (χ3v) is 5.19. The van der Waals surface area contributed by atoms with E-state index in [-0.39, 0.29) is 0 Å². The molecule has 1 saturated heterocycles. The van der Waals surface area contributed by atoms with Gasteiger partial charge in [-0.05, 0) is 50.5 Å². The highest BCUT2D eigenvalue weighted by molar-refractivity contribution is 5.76. The first kappa shape index (κ1) is 14.8. The lowest BCUT2D eigenvalue weighted by Gasteiger charge is -2.44. The van der Waals surface area contributed by atoms with E-state index < -0.39 is 0 Å². The normalized spacial score (nSPS) is 22.7. The highest BCUT2D eigenvalue weighted by Crippen LogP contribution is 2.44. The number of rotatable bonds is 5. The number of carbonyl (C=O) groups excluding carboxylic acids is 1. The molecule has 2 aliphatic rings. The smallest absolute Gasteiger partial charge is 0.222 e. The summed E-state index contributed by atoms with van der Waals surface area (Å²) in [6.45, 7) is 2.77. The highest BCUT2D eigenvalue weighted by atomic mass is 16.2. The van der Waals surface area contributed by atoms with Gasteiger partial charge in [0.05, 0.1) is 0 Å². The molecule has 3 heteroatoms. The van der Waals surface area contributed by atoms with Crippen LogP contribution in [0.3, 0.4) is 0 Å². The molecule has 0 atom stereocenters. The van der Waals surface area contributed by atoms with Gasteiger partial charge in [0.2, 0.25) is 5.91 Å². The Hall–Kier alpha value is -0.570. The summed E-state index contributed by atoms with van der Waals surface area (Å²) in [5.41, 5.74) is 6.08. The fraction of sp³-hybridized carbons (Fsp3) is 0.938. The molecular formula is C16H30N2O. The molecule has 2 N–H and O–H groups in total. The van der Waals surface area contributed by atoms with Gasteiger partial charge in [0.25, 0.3) is 0 Å². The van der Waals surface area contributed by atoms with Crippen LogP contribution in [-0.4, -0.2) is 30.4 Å². The van der Waals surface area contributed by atoms with Gasteiger partial charge in [-0.25, -0.2) is 0 Å². The van der Waals surface area contributed by atoms with E-state index in [1.165, 1.54) is 44.9 Å². The zero-order valence-electron chi connectivity index (χ0n) is 12.3. The third-order valence-electron chi connectivity index (χ3n) is 5.19. The number of nitrogens with two attached hydrogens (primary N) is 1. The summed E-state index contributed by atoms with van der Waals surface area (Å²) < 4.78 is 0. The molecule has 0 bridgehead atoms. The molecule has 1 saturated carbocycles. The molecule has 110 valence electrons. The van der Waals surface area contributed by atoms with Crippen molar-refractivity contribution in [3.63, 3.8) is 0 Å². The van der Waals surface area contributed by atoms with Crippen molar-refractivity contribution in [2.75, 3.05) is 19.6 Å². The van der Waals surface area contributed by atoms with Crippen LogP contribution >= 0.6 is 0 Å². The Labute approximate surface area is 117 Å². The first-order valence-corrected chi connectivity index (χ1v) is 8.24. The molecule has 0 radical (unpaired) electrons. The van der Waals surface area contributed by atoms with Crippen molar-refractivity contribution in [1.29, 1.82) is 0 Å². The van der Waals surface area contributed by atoms with Gasteiger partial charge in [-0.2, -0.15) is 0 Å². The lowest BCUT2D eigenvalue weighted by molar-refractivity contribution is -0.134. The van der Waals surface area contributed by atoms with Gasteiger partial charge >= 0.3 is 0 Å². The van der Waals surface area contributed by atoms with Crippen LogP contribution in [-0.2, 0) is 4.79 Å². The zero-order valence-corrected chi connectivity index (χ0v) is 12.3. The molecular weight excluding hydrogens is 236 g/mol. The van der Waals surface area contributed by atoms with Gasteiger partial charge < -0.3 is 10.6 Å². The number of amides is 1. The molecule has 0 aromatic heterocycles. The van der Waals surface area contributed by atoms with Gasteiger partial charge in [-0.15, -0.1) is 0 Å². The van der Waals surface area contributed by atoms with Crippen molar-refractivity contribution >= 4 is 5.91 Å². The van der Waals surface area contributed by atoms with Crippen molar-refractivity contribution in [3.05, 3.63) is 0 Å². The van der Waals surface area contributed by atoms with Gasteiger partial charge in [0.15, 0.2) is 0 Å². The number of likely N-dealkylation sites (tertiary alicyclic amines) is 1. The summed E-state index contributed by atoms with van der Waals surface area (Å²) in [6.07, 6.45) is 13.5. The Kier molecular flexibility index (Phi) is 5.68. The summed E-state index contributed by atoms with van der Waals surface area (Å²) in [6, 6.07) is 0. The van der Waals surface area contributed by atoms with E-state index in [9.17, 15) is 4.79 Å². The number of nitrogens with zero attached hydrogens (tertiary/aromatic N) is 1. The molecule has 0 aromatic rings. The van der Waals surface area contributed by atoms with Crippen molar-refractivity contribution in [2.24, 2.45) is 11.1 Å². The van der Waals surface area contributed by atoms with Gasteiger partial charge in [-0.1, -0.05) is 25.7 Å². The van der Waals surface area contributed by atoms with Gasteiger partial charge in [-0.3, -0.25) is 4.79 Å². The Balaban J connectivity index is 1.68. The zero-order chi connectivity index (χ0) is 13.6. The molecule has 2 fully saturated rings. The number of hydrogen-bond acceptors (Lipinski definition) is 2. The van der Waals surface area contributed by atoms with E-state index in [2.05, 4.69) is 4.90 Å². The molecule has 19 heavy (non-hydrogen) atoms. The van der Waals surface area contributed by atoms with Crippen molar-refractivity contribution in [1.82, 2.24) is 4.90 Å². The SMILES string of the molecule is NCCCCCC(=O)N1CCC2(CCCCC2)CC1. The minimum Gasteiger partial charge on any atom is -0.343 e.